The molecule has 116 valence electrons. The largest absolute Gasteiger partial charge is 0.493 e. The van der Waals surface area contributed by atoms with Crippen molar-refractivity contribution in [3.8, 4) is 5.75 Å². The van der Waals surface area contributed by atoms with Crippen molar-refractivity contribution in [1.82, 2.24) is 5.32 Å². The fraction of sp³-hybridized carbons (Fsp3) is 0.588. The maximum atomic E-state index is 12.5. The van der Waals surface area contributed by atoms with Gasteiger partial charge >= 0.3 is 0 Å². The summed E-state index contributed by atoms with van der Waals surface area (Å²) < 4.78 is 5.70. The first-order valence-corrected chi connectivity index (χ1v) is 7.75. The average Bonchev–Trinajstić information content (AvgIpc) is 2.46. The maximum absolute atomic E-state index is 12.5. The second-order valence-electron chi connectivity index (χ2n) is 6.50. The van der Waals surface area contributed by atoms with Crippen molar-refractivity contribution >= 4 is 11.6 Å². The molecule has 2 rings (SSSR count). The van der Waals surface area contributed by atoms with Gasteiger partial charge in [-0.2, -0.15) is 0 Å². The number of rotatable bonds is 5. The zero-order valence-corrected chi connectivity index (χ0v) is 13.2. The lowest BCUT2D eigenvalue weighted by atomic mass is 9.80. The number of benzene rings is 1. The third-order valence-corrected chi connectivity index (χ3v) is 3.93. The number of nitrogens with one attached hydrogen (secondary N) is 2. The number of piperidine rings is 1. The Labute approximate surface area is 127 Å². The molecule has 0 radical (unpaired) electrons. The molecular formula is C17H26N2O2. The molecule has 1 saturated heterocycles. The normalized spacial score (nSPS) is 17.5. The van der Waals surface area contributed by atoms with Gasteiger partial charge in [-0.15, -0.1) is 0 Å². The van der Waals surface area contributed by atoms with E-state index in [-0.39, 0.29) is 11.3 Å². The second kappa shape index (κ2) is 6.94. The zero-order valence-electron chi connectivity index (χ0n) is 13.2. The molecule has 1 amide bonds. The third-order valence-electron chi connectivity index (χ3n) is 3.93. The molecule has 1 aliphatic heterocycles. The molecule has 0 saturated carbocycles. The fourth-order valence-corrected chi connectivity index (χ4v) is 2.41. The van der Waals surface area contributed by atoms with E-state index >= 15 is 0 Å². The maximum Gasteiger partial charge on any atom is 0.230 e. The van der Waals surface area contributed by atoms with Crippen LogP contribution in [0.3, 0.4) is 0 Å². The first kappa shape index (κ1) is 15.8. The van der Waals surface area contributed by atoms with E-state index < -0.39 is 0 Å². The van der Waals surface area contributed by atoms with E-state index in [4.69, 9.17) is 4.74 Å². The highest BCUT2D eigenvalue weighted by Gasteiger charge is 2.34. The van der Waals surface area contributed by atoms with E-state index in [9.17, 15) is 4.79 Å². The Morgan fingerprint density at radius 2 is 2.10 bits per heavy atom. The lowest BCUT2D eigenvalue weighted by molar-refractivity contribution is -0.126. The van der Waals surface area contributed by atoms with E-state index in [1.54, 1.807) is 0 Å². The SMILES string of the molecule is CC(C)COc1cccc(NC(=O)C2(C)CCNCC2)c1. The number of carbonyl (C=O) groups is 1. The number of hydrogen-bond donors (Lipinski definition) is 2. The van der Waals surface area contributed by atoms with E-state index in [0.717, 1.165) is 37.4 Å². The van der Waals surface area contributed by atoms with E-state index in [1.165, 1.54) is 0 Å². The van der Waals surface area contributed by atoms with Gasteiger partial charge in [0.1, 0.15) is 5.75 Å². The fourth-order valence-electron chi connectivity index (χ4n) is 2.41. The summed E-state index contributed by atoms with van der Waals surface area (Å²) in [4.78, 5) is 12.5. The van der Waals surface area contributed by atoms with Crippen LogP contribution in [0.25, 0.3) is 0 Å². The lowest BCUT2D eigenvalue weighted by Gasteiger charge is -2.32. The van der Waals surface area contributed by atoms with Crippen molar-refractivity contribution < 1.29 is 9.53 Å². The van der Waals surface area contributed by atoms with Gasteiger partial charge in [0.25, 0.3) is 0 Å². The minimum atomic E-state index is -0.278. The van der Waals surface area contributed by atoms with Crippen LogP contribution in [0.15, 0.2) is 24.3 Å². The summed E-state index contributed by atoms with van der Waals surface area (Å²) in [5.41, 5.74) is 0.529. The van der Waals surface area contributed by atoms with Crippen molar-refractivity contribution in [3.05, 3.63) is 24.3 Å². The van der Waals surface area contributed by atoms with Gasteiger partial charge in [0.2, 0.25) is 5.91 Å². The molecule has 21 heavy (non-hydrogen) atoms. The zero-order chi connectivity index (χ0) is 15.3. The van der Waals surface area contributed by atoms with Crippen LogP contribution in [0, 0.1) is 11.3 Å². The van der Waals surface area contributed by atoms with Crippen molar-refractivity contribution in [2.75, 3.05) is 25.0 Å². The average molecular weight is 290 g/mol. The van der Waals surface area contributed by atoms with Crippen molar-refractivity contribution in [1.29, 1.82) is 0 Å². The topological polar surface area (TPSA) is 50.4 Å². The first-order chi connectivity index (χ1) is 9.99. The summed E-state index contributed by atoms with van der Waals surface area (Å²) in [6.45, 7) is 8.76. The molecule has 0 spiro atoms. The molecule has 1 aliphatic rings. The van der Waals surface area contributed by atoms with Crippen LogP contribution in [0.2, 0.25) is 0 Å². The standard InChI is InChI=1S/C17H26N2O2/c1-13(2)12-21-15-6-4-5-14(11-15)19-16(20)17(3)7-9-18-10-8-17/h4-6,11,13,18H,7-10,12H2,1-3H3,(H,19,20). The minimum Gasteiger partial charge on any atom is -0.493 e. The molecule has 4 heteroatoms. The molecule has 0 aromatic heterocycles. The van der Waals surface area contributed by atoms with Crippen LogP contribution in [0.5, 0.6) is 5.75 Å². The predicted molar refractivity (Wildman–Crippen MR) is 85.6 cm³/mol. The first-order valence-electron chi connectivity index (χ1n) is 7.75. The highest BCUT2D eigenvalue weighted by Crippen LogP contribution is 2.30. The number of ether oxygens (including phenoxy) is 1. The highest BCUT2D eigenvalue weighted by molar-refractivity contribution is 5.95. The Morgan fingerprint density at radius 3 is 2.76 bits per heavy atom. The van der Waals surface area contributed by atoms with Crippen molar-refractivity contribution in [2.45, 2.75) is 33.6 Å². The van der Waals surface area contributed by atoms with Crippen LogP contribution < -0.4 is 15.4 Å². The molecule has 2 N–H and O–H groups in total. The summed E-state index contributed by atoms with van der Waals surface area (Å²) in [5.74, 6) is 1.39. The van der Waals surface area contributed by atoms with Gasteiger partial charge in [-0.25, -0.2) is 0 Å². The van der Waals surface area contributed by atoms with Crippen LogP contribution in [0.1, 0.15) is 33.6 Å². The number of anilines is 1. The monoisotopic (exact) mass is 290 g/mol. The predicted octanol–water partition coefficient (Wildman–Crippen LogP) is 3.05. The van der Waals surface area contributed by atoms with Crippen LogP contribution in [-0.4, -0.2) is 25.6 Å². The number of hydrogen-bond acceptors (Lipinski definition) is 3. The highest BCUT2D eigenvalue weighted by atomic mass is 16.5. The van der Waals surface area contributed by atoms with Gasteiger partial charge in [-0.1, -0.05) is 26.8 Å². The summed E-state index contributed by atoms with van der Waals surface area (Å²) in [6.07, 6.45) is 1.75. The summed E-state index contributed by atoms with van der Waals surface area (Å²) in [7, 11) is 0. The van der Waals surface area contributed by atoms with E-state index in [2.05, 4.69) is 24.5 Å². The van der Waals surface area contributed by atoms with Crippen LogP contribution in [-0.2, 0) is 4.79 Å². The van der Waals surface area contributed by atoms with Gasteiger partial charge < -0.3 is 15.4 Å². The molecule has 1 heterocycles. The quantitative estimate of drug-likeness (QED) is 0.876. The Balaban J connectivity index is 1.98. The number of carbonyl (C=O) groups excluding carboxylic acids is 1. The van der Waals surface area contributed by atoms with Gasteiger partial charge in [-0.05, 0) is 44.0 Å². The van der Waals surface area contributed by atoms with Gasteiger partial charge in [0, 0.05) is 17.2 Å². The molecular weight excluding hydrogens is 264 g/mol. The molecule has 0 aliphatic carbocycles. The molecule has 0 unspecified atom stereocenters. The minimum absolute atomic E-state index is 0.102. The smallest absolute Gasteiger partial charge is 0.230 e. The summed E-state index contributed by atoms with van der Waals surface area (Å²) >= 11 is 0. The van der Waals surface area contributed by atoms with Crippen molar-refractivity contribution in [2.24, 2.45) is 11.3 Å². The Bertz CT molecular complexity index is 479. The molecule has 1 aromatic carbocycles. The van der Waals surface area contributed by atoms with E-state index in [0.29, 0.717) is 12.5 Å². The molecule has 0 bridgehead atoms. The van der Waals surface area contributed by atoms with Gasteiger partial charge in [0.05, 0.1) is 6.61 Å². The van der Waals surface area contributed by atoms with E-state index in [1.807, 2.05) is 31.2 Å². The summed E-state index contributed by atoms with van der Waals surface area (Å²) in [5, 5.41) is 6.33. The molecule has 1 aromatic rings. The van der Waals surface area contributed by atoms with Crippen LogP contribution >= 0.6 is 0 Å². The van der Waals surface area contributed by atoms with Crippen LogP contribution in [0.4, 0.5) is 5.69 Å². The Morgan fingerprint density at radius 1 is 1.38 bits per heavy atom. The summed E-state index contributed by atoms with van der Waals surface area (Å²) in [6, 6.07) is 7.63. The van der Waals surface area contributed by atoms with Crippen molar-refractivity contribution in [3.63, 3.8) is 0 Å². The van der Waals surface area contributed by atoms with Gasteiger partial charge in [-0.3, -0.25) is 4.79 Å². The molecule has 4 nitrogen and oxygen atoms in total. The molecule has 1 fully saturated rings. The Kier molecular flexibility index (Phi) is 5.23. The lowest BCUT2D eigenvalue weighted by Crippen LogP contribution is -2.42. The second-order valence-corrected chi connectivity index (χ2v) is 6.50. The number of amides is 1. The third kappa shape index (κ3) is 4.46. The Hall–Kier alpha value is -1.55. The molecule has 0 atom stereocenters. The van der Waals surface area contributed by atoms with Gasteiger partial charge in [0.15, 0.2) is 0 Å².